The van der Waals surface area contributed by atoms with Gasteiger partial charge in [-0.1, -0.05) is 0 Å². The molecule has 1 atom stereocenters. The van der Waals surface area contributed by atoms with Crippen LogP contribution in [0.15, 0.2) is 18.2 Å². The van der Waals surface area contributed by atoms with Crippen molar-refractivity contribution in [2.45, 2.75) is 31.9 Å². The minimum absolute atomic E-state index is 0.0104. The zero-order valence-electron chi connectivity index (χ0n) is 10.8. The van der Waals surface area contributed by atoms with Crippen LogP contribution in [0.4, 0.5) is 27.6 Å². The second-order valence-electron chi connectivity index (χ2n) is 4.56. The zero-order valence-corrected chi connectivity index (χ0v) is 10.8. The molecule has 0 saturated heterocycles. The van der Waals surface area contributed by atoms with E-state index in [1.54, 1.807) is 0 Å². The van der Waals surface area contributed by atoms with E-state index in [4.69, 9.17) is 0 Å². The number of amides is 1. The summed E-state index contributed by atoms with van der Waals surface area (Å²) in [7, 11) is 0. The first-order valence-corrected chi connectivity index (χ1v) is 5.70. The molecule has 1 aromatic carbocycles. The summed E-state index contributed by atoms with van der Waals surface area (Å²) >= 11 is 0. The number of alkyl halides is 5. The predicted molar refractivity (Wildman–Crippen MR) is 60.8 cm³/mol. The molecule has 1 N–H and O–H groups in total. The first-order chi connectivity index (χ1) is 9.45. The SMILES string of the molecule is CC(=O)Nc1ccc2c(c1)C(F)(F)OC(C)(C(F)(F)F)O2. The molecule has 0 spiro atoms. The van der Waals surface area contributed by atoms with Crippen LogP contribution in [0.1, 0.15) is 19.4 Å². The fraction of sp³-hybridized carbons (Fsp3) is 0.417. The smallest absolute Gasteiger partial charge is 0.453 e. The summed E-state index contributed by atoms with van der Waals surface area (Å²) < 4.78 is 74.3. The average Bonchev–Trinajstić information content (AvgIpc) is 2.27. The molecule has 1 aliphatic heterocycles. The summed E-state index contributed by atoms with van der Waals surface area (Å²) in [5.74, 6) is -4.64. The predicted octanol–water partition coefficient (Wildman–Crippen LogP) is 3.38. The Morgan fingerprint density at radius 1 is 1.29 bits per heavy atom. The van der Waals surface area contributed by atoms with E-state index in [1.807, 2.05) is 0 Å². The molecule has 21 heavy (non-hydrogen) atoms. The molecule has 0 saturated carbocycles. The van der Waals surface area contributed by atoms with Crippen LogP contribution in [0.2, 0.25) is 0 Å². The molecule has 9 heteroatoms. The lowest BCUT2D eigenvalue weighted by molar-refractivity contribution is -0.436. The highest BCUT2D eigenvalue weighted by atomic mass is 19.4. The molecule has 0 aromatic heterocycles. The van der Waals surface area contributed by atoms with Gasteiger partial charge in [-0.25, -0.2) is 0 Å². The summed E-state index contributed by atoms with van der Waals surface area (Å²) in [4.78, 5) is 10.9. The molecular weight excluding hydrogens is 301 g/mol. The molecule has 0 fully saturated rings. The van der Waals surface area contributed by atoms with Gasteiger partial charge in [0, 0.05) is 19.5 Å². The van der Waals surface area contributed by atoms with E-state index in [0.717, 1.165) is 25.1 Å². The van der Waals surface area contributed by atoms with Gasteiger partial charge in [0.15, 0.2) is 0 Å². The lowest BCUT2D eigenvalue weighted by atomic mass is 10.1. The maximum atomic E-state index is 13.8. The molecule has 1 unspecified atom stereocenters. The lowest BCUT2D eigenvalue weighted by Crippen LogP contribution is -2.55. The summed E-state index contributed by atoms with van der Waals surface area (Å²) in [5.41, 5.74) is -0.904. The first kappa shape index (κ1) is 15.5. The normalized spacial score (nSPS) is 24.0. The van der Waals surface area contributed by atoms with Gasteiger partial charge in [0.25, 0.3) is 0 Å². The first-order valence-electron chi connectivity index (χ1n) is 5.70. The number of ether oxygens (including phenoxy) is 2. The highest BCUT2D eigenvalue weighted by molar-refractivity contribution is 5.88. The second kappa shape index (κ2) is 4.55. The number of hydrogen-bond acceptors (Lipinski definition) is 3. The third-order valence-electron chi connectivity index (χ3n) is 2.76. The Balaban J connectivity index is 2.47. The number of fused-ring (bicyclic) bond motifs is 1. The summed E-state index contributed by atoms with van der Waals surface area (Å²) in [6.07, 6.45) is -9.36. The van der Waals surface area contributed by atoms with Crippen LogP contribution in [0, 0.1) is 0 Å². The van der Waals surface area contributed by atoms with Gasteiger partial charge in [0.2, 0.25) is 5.91 Å². The van der Waals surface area contributed by atoms with Gasteiger partial charge in [-0.05, 0) is 18.2 Å². The van der Waals surface area contributed by atoms with Crippen molar-refractivity contribution in [1.82, 2.24) is 0 Å². The van der Waals surface area contributed by atoms with E-state index in [1.165, 1.54) is 0 Å². The van der Waals surface area contributed by atoms with Crippen LogP contribution < -0.4 is 10.1 Å². The Kier molecular flexibility index (Phi) is 3.36. The van der Waals surface area contributed by atoms with Crippen LogP contribution in [-0.4, -0.2) is 17.9 Å². The van der Waals surface area contributed by atoms with E-state index in [2.05, 4.69) is 14.8 Å². The van der Waals surface area contributed by atoms with Crippen LogP contribution in [0.25, 0.3) is 0 Å². The van der Waals surface area contributed by atoms with Gasteiger partial charge in [-0.3, -0.25) is 9.53 Å². The summed E-state index contributed by atoms with van der Waals surface area (Å²) in [6.45, 7) is 1.52. The Bertz CT molecular complexity index is 587. The fourth-order valence-electron chi connectivity index (χ4n) is 1.77. The Labute approximate surface area is 115 Å². The van der Waals surface area contributed by atoms with Gasteiger partial charge in [0.1, 0.15) is 5.75 Å². The van der Waals surface area contributed by atoms with E-state index < -0.39 is 35.3 Å². The second-order valence-corrected chi connectivity index (χ2v) is 4.56. The van der Waals surface area contributed by atoms with Crippen molar-refractivity contribution in [2.75, 3.05) is 5.32 Å². The largest absolute Gasteiger partial charge is 0.455 e. The number of carbonyl (C=O) groups excluding carboxylic acids is 1. The highest BCUT2D eigenvalue weighted by Gasteiger charge is 2.63. The minimum Gasteiger partial charge on any atom is -0.453 e. The molecule has 1 amide bonds. The van der Waals surface area contributed by atoms with Gasteiger partial charge in [-0.15, -0.1) is 0 Å². The molecule has 2 rings (SSSR count). The molecule has 0 bridgehead atoms. The van der Waals surface area contributed by atoms with Gasteiger partial charge < -0.3 is 10.1 Å². The van der Waals surface area contributed by atoms with Crippen molar-refractivity contribution in [1.29, 1.82) is 0 Å². The third kappa shape index (κ3) is 2.78. The zero-order chi connectivity index (χ0) is 16.1. The van der Waals surface area contributed by atoms with Crippen LogP contribution in [0.3, 0.4) is 0 Å². The topological polar surface area (TPSA) is 47.6 Å². The fourth-order valence-corrected chi connectivity index (χ4v) is 1.77. The number of anilines is 1. The average molecular weight is 311 g/mol. The number of hydrogen-bond donors (Lipinski definition) is 1. The van der Waals surface area contributed by atoms with Crippen LogP contribution >= 0.6 is 0 Å². The Hall–Kier alpha value is -1.90. The van der Waals surface area contributed by atoms with E-state index >= 15 is 0 Å². The van der Waals surface area contributed by atoms with Crippen LogP contribution in [0.5, 0.6) is 5.75 Å². The summed E-state index contributed by atoms with van der Waals surface area (Å²) in [6, 6.07) is 2.87. The van der Waals surface area contributed by atoms with Gasteiger partial charge in [0.05, 0.1) is 5.56 Å². The van der Waals surface area contributed by atoms with Crippen molar-refractivity contribution >= 4 is 11.6 Å². The molecular formula is C12H10F5NO3. The summed E-state index contributed by atoms with van der Waals surface area (Å²) in [5, 5.41) is 2.24. The van der Waals surface area contributed by atoms with Crippen molar-refractivity contribution in [3.05, 3.63) is 23.8 Å². The van der Waals surface area contributed by atoms with E-state index in [0.29, 0.717) is 6.92 Å². The molecule has 1 aliphatic rings. The number of rotatable bonds is 1. The number of benzene rings is 1. The van der Waals surface area contributed by atoms with Crippen LogP contribution in [-0.2, 0) is 15.6 Å². The standard InChI is InChI=1S/C12H10F5NO3/c1-6(19)18-7-3-4-9-8(5-7)11(13,14)21-10(2,20-9)12(15,16)17/h3-5H,1-2H3,(H,18,19). The van der Waals surface area contributed by atoms with E-state index in [9.17, 15) is 26.7 Å². The van der Waals surface area contributed by atoms with Gasteiger partial charge >= 0.3 is 18.1 Å². The van der Waals surface area contributed by atoms with Crippen molar-refractivity contribution < 1.29 is 36.2 Å². The molecule has 1 aromatic rings. The van der Waals surface area contributed by atoms with Crippen molar-refractivity contribution in [3.63, 3.8) is 0 Å². The third-order valence-corrected chi connectivity index (χ3v) is 2.76. The van der Waals surface area contributed by atoms with Gasteiger partial charge in [-0.2, -0.15) is 22.0 Å². The highest BCUT2D eigenvalue weighted by Crippen LogP contribution is 2.50. The number of carbonyl (C=O) groups is 1. The van der Waals surface area contributed by atoms with E-state index in [-0.39, 0.29) is 5.69 Å². The Morgan fingerprint density at radius 2 is 1.90 bits per heavy atom. The molecule has 4 nitrogen and oxygen atoms in total. The lowest BCUT2D eigenvalue weighted by Gasteiger charge is -2.40. The number of halogens is 5. The molecule has 1 heterocycles. The monoisotopic (exact) mass is 311 g/mol. The number of nitrogens with one attached hydrogen (secondary N) is 1. The minimum atomic E-state index is -5.15. The quantitative estimate of drug-likeness (QED) is 0.809. The van der Waals surface area contributed by atoms with Crippen molar-refractivity contribution in [3.8, 4) is 5.75 Å². The molecule has 0 aliphatic carbocycles. The Morgan fingerprint density at radius 3 is 2.43 bits per heavy atom. The van der Waals surface area contributed by atoms with Crippen molar-refractivity contribution in [2.24, 2.45) is 0 Å². The maximum absolute atomic E-state index is 13.8. The maximum Gasteiger partial charge on any atom is 0.455 e. The molecule has 0 radical (unpaired) electrons. The molecule has 116 valence electrons.